The van der Waals surface area contributed by atoms with Crippen LogP contribution in [-0.2, 0) is 9.59 Å². The van der Waals surface area contributed by atoms with E-state index in [0.717, 1.165) is 0 Å². The SMILES string of the molecule is O=C(O)C(=O)CCCOc1c(F)c(F)cc(F)c1F. The molecule has 104 valence electrons. The van der Waals surface area contributed by atoms with E-state index < -0.39 is 53.8 Å². The molecule has 8 heteroatoms. The van der Waals surface area contributed by atoms with Crippen LogP contribution in [0.4, 0.5) is 17.6 Å². The van der Waals surface area contributed by atoms with Gasteiger partial charge in [-0.1, -0.05) is 0 Å². The molecule has 0 radical (unpaired) electrons. The molecule has 4 nitrogen and oxygen atoms in total. The number of rotatable bonds is 6. The molecular weight excluding hydrogens is 272 g/mol. The maximum absolute atomic E-state index is 13.1. The Morgan fingerprint density at radius 2 is 1.63 bits per heavy atom. The first-order chi connectivity index (χ1) is 8.84. The van der Waals surface area contributed by atoms with Gasteiger partial charge in [0, 0.05) is 12.5 Å². The second-order valence-electron chi connectivity index (χ2n) is 3.48. The molecule has 0 bridgehead atoms. The fourth-order valence-corrected chi connectivity index (χ4v) is 1.19. The lowest BCUT2D eigenvalue weighted by Crippen LogP contribution is -2.14. The van der Waals surface area contributed by atoms with Gasteiger partial charge in [-0.25, -0.2) is 13.6 Å². The van der Waals surface area contributed by atoms with Crippen LogP contribution in [0, 0.1) is 23.3 Å². The number of ether oxygens (including phenoxy) is 1. The van der Waals surface area contributed by atoms with E-state index in [4.69, 9.17) is 5.11 Å². The summed E-state index contributed by atoms with van der Waals surface area (Å²) < 4.78 is 56.2. The summed E-state index contributed by atoms with van der Waals surface area (Å²) in [7, 11) is 0. The Bertz CT molecular complexity index is 490. The molecule has 1 aromatic rings. The third-order valence-electron chi connectivity index (χ3n) is 2.10. The van der Waals surface area contributed by atoms with Crippen LogP contribution in [0.15, 0.2) is 6.07 Å². The maximum atomic E-state index is 13.1. The van der Waals surface area contributed by atoms with E-state index in [2.05, 4.69) is 4.74 Å². The first kappa shape index (κ1) is 14.9. The number of carbonyl (C=O) groups is 2. The van der Waals surface area contributed by atoms with Crippen molar-refractivity contribution in [1.82, 2.24) is 0 Å². The van der Waals surface area contributed by atoms with E-state index >= 15 is 0 Å². The summed E-state index contributed by atoms with van der Waals surface area (Å²) in [6.07, 6.45) is -0.585. The number of carbonyl (C=O) groups excluding carboxylic acids is 1. The number of carboxylic acids is 1. The summed E-state index contributed by atoms with van der Waals surface area (Å²) in [6.45, 7) is -0.463. The molecule has 0 saturated heterocycles. The van der Waals surface area contributed by atoms with Gasteiger partial charge in [0.05, 0.1) is 6.61 Å². The van der Waals surface area contributed by atoms with Gasteiger partial charge in [0.15, 0.2) is 17.4 Å². The van der Waals surface area contributed by atoms with Gasteiger partial charge >= 0.3 is 5.97 Å². The number of ketones is 1. The third kappa shape index (κ3) is 3.67. The van der Waals surface area contributed by atoms with Gasteiger partial charge in [-0.15, -0.1) is 0 Å². The molecule has 0 amide bonds. The van der Waals surface area contributed by atoms with Gasteiger partial charge < -0.3 is 9.84 Å². The van der Waals surface area contributed by atoms with E-state index in [1.165, 1.54) is 0 Å². The number of carboxylic acid groups (broad SMARTS) is 1. The molecule has 0 unspecified atom stereocenters. The smallest absolute Gasteiger partial charge is 0.372 e. The zero-order chi connectivity index (χ0) is 14.6. The largest absolute Gasteiger partial charge is 0.487 e. The van der Waals surface area contributed by atoms with Crippen LogP contribution < -0.4 is 4.74 Å². The number of aliphatic carboxylic acids is 1. The molecule has 1 rings (SSSR count). The maximum Gasteiger partial charge on any atom is 0.372 e. The van der Waals surface area contributed by atoms with Crippen LogP contribution >= 0.6 is 0 Å². The highest BCUT2D eigenvalue weighted by molar-refractivity contribution is 6.32. The van der Waals surface area contributed by atoms with Crippen LogP contribution in [0.1, 0.15) is 12.8 Å². The van der Waals surface area contributed by atoms with Crippen molar-refractivity contribution in [3.63, 3.8) is 0 Å². The number of Topliss-reactive ketones (excluding diaryl/α,β-unsaturated/α-hetero) is 1. The first-order valence-electron chi connectivity index (χ1n) is 5.06. The van der Waals surface area contributed by atoms with Crippen molar-refractivity contribution in [2.24, 2.45) is 0 Å². The van der Waals surface area contributed by atoms with Crippen LogP contribution in [0.25, 0.3) is 0 Å². The minimum absolute atomic E-state index is 0.0332. The summed E-state index contributed by atoms with van der Waals surface area (Å²) in [5.41, 5.74) is 0. The Kier molecular flexibility index (Phi) is 4.85. The lowest BCUT2D eigenvalue weighted by molar-refractivity contribution is -0.149. The minimum atomic E-state index is -1.69. The Hall–Kier alpha value is -2.12. The standard InChI is InChI=1S/C11H8F4O4/c12-5-4-6(13)9(15)10(8(5)14)19-3-1-2-7(16)11(17)18/h4H,1-3H2,(H,17,18). The molecule has 0 fully saturated rings. The van der Waals surface area contributed by atoms with E-state index in [-0.39, 0.29) is 12.5 Å². The van der Waals surface area contributed by atoms with Gasteiger partial charge in [-0.05, 0) is 6.42 Å². The molecule has 0 atom stereocenters. The summed E-state index contributed by atoms with van der Waals surface area (Å²) in [5.74, 6) is -10.6. The number of hydrogen-bond donors (Lipinski definition) is 1. The highest BCUT2D eigenvalue weighted by Crippen LogP contribution is 2.26. The second kappa shape index (κ2) is 6.17. The normalized spacial score (nSPS) is 10.3. The Morgan fingerprint density at radius 3 is 2.11 bits per heavy atom. The molecule has 0 aliphatic carbocycles. The minimum Gasteiger partial charge on any atom is -0.487 e. The van der Waals surface area contributed by atoms with Crippen molar-refractivity contribution in [2.75, 3.05) is 6.61 Å². The zero-order valence-corrected chi connectivity index (χ0v) is 9.38. The summed E-state index contributed by atoms with van der Waals surface area (Å²) >= 11 is 0. The van der Waals surface area contributed by atoms with Gasteiger partial charge in [-0.3, -0.25) is 4.79 Å². The van der Waals surface area contributed by atoms with Crippen molar-refractivity contribution in [2.45, 2.75) is 12.8 Å². The Labute approximate surface area is 104 Å². The number of hydrogen-bond acceptors (Lipinski definition) is 3. The summed E-state index contributed by atoms with van der Waals surface area (Å²) in [6, 6.07) is 0.0332. The summed E-state index contributed by atoms with van der Waals surface area (Å²) in [5, 5.41) is 8.25. The van der Waals surface area contributed by atoms with Gasteiger partial charge in [0.25, 0.3) is 0 Å². The molecule has 0 aliphatic heterocycles. The topological polar surface area (TPSA) is 63.6 Å². The third-order valence-corrected chi connectivity index (χ3v) is 2.10. The van der Waals surface area contributed by atoms with Crippen LogP contribution in [-0.4, -0.2) is 23.5 Å². The fourth-order valence-electron chi connectivity index (χ4n) is 1.19. The van der Waals surface area contributed by atoms with Crippen molar-refractivity contribution in [1.29, 1.82) is 0 Å². The summed E-state index contributed by atoms with van der Waals surface area (Å²) in [4.78, 5) is 20.8. The molecule has 1 aromatic carbocycles. The van der Waals surface area contributed by atoms with Gasteiger partial charge in [0.1, 0.15) is 0 Å². The van der Waals surface area contributed by atoms with Crippen LogP contribution in [0.3, 0.4) is 0 Å². The predicted molar refractivity (Wildman–Crippen MR) is 53.6 cm³/mol. The average molecular weight is 280 g/mol. The van der Waals surface area contributed by atoms with Crippen molar-refractivity contribution in [3.05, 3.63) is 29.3 Å². The monoisotopic (exact) mass is 280 g/mol. The lowest BCUT2D eigenvalue weighted by Gasteiger charge is -2.08. The van der Waals surface area contributed by atoms with Crippen LogP contribution in [0.5, 0.6) is 5.75 Å². The Morgan fingerprint density at radius 1 is 1.11 bits per heavy atom. The second-order valence-corrected chi connectivity index (χ2v) is 3.48. The highest BCUT2D eigenvalue weighted by Gasteiger charge is 2.20. The number of halogens is 4. The van der Waals surface area contributed by atoms with E-state index in [1.54, 1.807) is 0 Å². The van der Waals surface area contributed by atoms with Crippen molar-refractivity contribution in [3.8, 4) is 5.75 Å². The molecule has 1 N–H and O–H groups in total. The lowest BCUT2D eigenvalue weighted by atomic mass is 10.2. The molecule has 0 saturated carbocycles. The molecule has 0 spiro atoms. The molecule has 0 aromatic heterocycles. The Balaban J connectivity index is 2.64. The molecule has 0 heterocycles. The quantitative estimate of drug-likeness (QED) is 0.375. The van der Waals surface area contributed by atoms with Crippen LogP contribution in [0.2, 0.25) is 0 Å². The van der Waals surface area contributed by atoms with E-state index in [1.807, 2.05) is 0 Å². The highest BCUT2D eigenvalue weighted by atomic mass is 19.2. The molecule has 19 heavy (non-hydrogen) atoms. The van der Waals surface area contributed by atoms with Crippen molar-refractivity contribution >= 4 is 11.8 Å². The van der Waals surface area contributed by atoms with E-state index in [0.29, 0.717) is 0 Å². The fraction of sp³-hybridized carbons (Fsp3) is 0.273. The average Bonchev–Trinajstić information content (AvgIpc) is 2.35. The van der Waals surface area contributed by atoms with Gasteiger partial charge in [-0.2, -0.15) is 8.78 Å². The number of benzene rings is 1. The van der Waals surface area contributed by atoms with Crippen molar-refractivity contribution < 1.29 is 37.0 Å². The molecule has 0 aliphatic rings. The zero-order valence-electron chi connectivity index (χ0n) is 9.38. The van der Waals surface area contributed by atoms with E-state index in [9.17, 15) is 27.2 Å². The predicted octanol–water partition coefficient (Wildman–Crippen LogP) is 2.06. The van der Waals surface area contributed by atoms with Gasteiger partial charge in [0.2, 0.25) is 17.4 Å². The first-order valence-corrected chi connectivity index (χ1v) is 5.06. The molecular formula is C11H8F4O4.